The van der Waals surface area contributed by atoms with Gasteiger partial charge in [-0.3, -0.25) is 0 Å². The lowest BCUT2D eigenvalue weighted by molar-refractivity contribution is -0.391. The monoisotopic (exact) mass is 335 g/mol. The number of imidazole rings is 1. The Kier molecular flexibility index (Phi) is 5.40. The van der Waals surface area contributed by atoms with E-state index in [-0.39, 0.29) is 23.0 Å². The zero-order valence-corrected chi connectivity index (χ0v) is 13.9. The molecule has 1 atom stereocenters. The smallest absolute Gasteiger partial charge is 0.342 e. The Labute approximate surface area is 139 Å². The van der Waals surface area contributed by atoms with Crippen LogP contribution in [-0.2, 0) is 13.5 Å². The van der Waals surface area contributed by atoms with Crippen LogP contribution < -0.4 is 4.74 Å². The van der Waals surface area contributed by atoms with E-state index in [1.54, 1.807) is 6.07 Å². The minimum atomic E-state index is -1.31. The fraction of sp³-hybridized carbons (Fsp3) is 0.438. The van der Waals surface area contributed by atoms with Crippen molar-refractivity contribution >= 4 is 5.82 Å². The minimum absolute atomic E-state index is 0.0394. The third-order valence-electron chi connectivity index (χ3n) is 3.95. The van der Waals surface area contributed by atoms with E-state index in [4.69, 9.17) is 4.74 Å². The van der Waals surface area contributed by atoms with E-state index in [0.717, 1.165) is 19.0 Å². The highest BCUT2D eigenvalue weighted by molar-refractivity contribution is 5.49. The standard InChI is InChI=1S/C16H21N3O5/c1-4-5-6-10-7-11(24-3)8-12(14(10)20)15(21)16-17-9-13(18(16)2)19(22)23/h7-9,15,20-21H,4-6H2,1-3H3. The van der Waals surface area contributed by atoms with Crippen molar-refractivity contribution in [2.24, 2.45) is 7.05 Å². The molecule has 8 heteroatoms. The van der Waals surface area contributed by atoms with Crippen LogP contribution in [0.15, 0.2) is 18.3 Å². The molecule has 1 aromatic carbocycles. The number of aryl methyl sites for hydroxylation is 1. The molecule has 1 unspecified atom stereocenters. The summed E-state index contributed by atoms with van der Waals surface area (Å²) in [6.45, 7) is 2.04. The fourth-order valence-electron chi connectivity index (χ4n) is 2.55. The number of ether oxygens (including phenoxy) is 1. The predicted molar refractivity (Wildman–Crippen MR) is 87.2 cm³/mol. The average molecular weight is 335 g/mol. The van der Waals surface area contributed by atoms with Crippen LogP contribution in [0.25, 0.3) is 0 Å². The third-order valence-corrected chi connectivity index (χ3v) is 3.95. The number of methoxy groups -OCH3 is 1. The van der Waals surface area contributed by atoms with Crippen molar-refractivity contribution in [2.45, 2.75) is 32.3 Å². The molecule has 1 aromatic heterocycles. The van der Waals surface area contributed by atoms with Gasteiger partial charge in [-0.15, -0.1) is 0 Å². The maximum atomic E-state index is 10.9. The van der Waals surface area contributed by atoms with Gasteiger partial charge in [-0.25, -0.2) is 9.55 Å². The van der Waals surface area contributed by atoms with Crippen LogP contribution in [0.4, 0.5) is 5.82 Å². The number of aromatic hydroxyl groups is 1. The van der Waals surface area contributed by atoms with Gasteiger partial charge in [-0.1, -0.05) is 13.3 Å². The maximum Gasteiger partial charge on any atom is 0.342 e. The molecule has 0 aliphatic carbocycles. The normalized spacial score (nSPS) is 12.2. The second kappa shape index (κ2) is 7.31. The summed E-state index contributed by atoms with van der Waals surface area (Å²) >= 11 is 0. The van der Waals surface area contributed by atoms with E-state index < -0.39 is 11.0 Å². The highest BCUT2D eigenvalue weighted by Gasteiger charge is 2.27. The van der Waals surface area contributed by atoms with Crippen molar-refractivity contribution in [3.8, 4) is 11.5 Å². The Bertz CT molecular complexity index is 742. The summed E-state index contributed by atoms with van der Waals surface area (Å²) in [6.07, 6.45) is 2.25. The summed E-state index contributed by atoms with van der Waals surface area (Å²) in [6, 6.07) is 3.23. The Hall–Kier alpha value is -2.61. The van der Waals surface area contributed by atoms with Crippen molar-refractivity contribution in [1.29, 1.82) is 0 Å². The molecule has 8 nitrogen and oxygen atoms in total. The zero-order chi connectivity index (χ0) is 17.9. The van der Waals surface area contributed by atoms with Crippen molar-refractivity contribution in [1.82, 2.24) is 9.55 Å². The van der Waals surface area contributed by atoms with Gasteiger partial charge in [0.25, 0.3) is 0 Å². The molecule has 0 saturated heterocycles. The summed E-state index contributed by atoms with van der Waals surface area (Å²) in [5.41, 5.74) is 0.873. The first-order valence-electron chi connectivity index (χ1n) is 7.64. The molecule has 2 rings (SSSR count). The molecule has 0 aliphatic rings. The molecule has 1 heterocycles. The van der Waals surface area contributed by atoms with Crippen LogP contribution in [0, 0.1) is 10.1 Å². The Morgan fingerprint density at radius 2 is 2.17 bits per heavy atom. The second-order valence-electron chi connectivity index (χ2n) is 5.52. The fourth-order valence-corrected chi connectivity index (χ4v) is 2.55. The van der Waals surface area contributed by atoms with Crippen LogP contribution in [0.5, 0.6) is 11.5 Å². The van der Waals surface area contributed by atoms with Gasteiger partial charge in [0.2, 0.25) is 5.82 Å². The second-order valence-corrected chi connectivity index (χ2v) is 5.52. The lowest BCUT2D eigenvalue weighted by Crippen LogP contribution is -2.10. The molecule has 24 heavy (non-hydrogen) atoms. The molecule has 0 spiro atoms. The van der Waals surface area contributed by atoms with Gasteiger partial charge >= 0.3 is 5.82 Å². The van der Waals surface area contributed by atoms with Crippen LogP contribution in [-0.4, -0.2) is 31.8 Å². The van der Waals surface area contributed by atoms with Crippen LogP contribution in [0.2, 0.25) is 0 Å². The first kappa shape index (κ1) is 17.7. The van der Waals surface area contributed by atoms with Crippen LogP contribution >= 0.6 is 0 Å². The van der Waals surface area contributed by atoms with Crippen molar-refractivity contribution < 1.29 is 19.9 Å². The van der Waals surface area contributed by atoms with Crippen LogP contribution in [0.1, 0.15) is 42.8 Å². The van der Waals surface area contributed by atoms with E-state index in [2.05, 4.69) is 4.98 Å². The number of phenolic OH excluding ortho intramolecular Hbond substituents is 1. The number of aliphatic hydroxyl groups is 1. The molecular weight excluding hydrogens is 314 g/mol. The average Bonchev–Trinajstić information content (AvgIpc) is 2.95. The molecule has 0 radical (unpaired) electrons. The maximum absolute atomic E-state index is 10.9. The van der Waals surface area contributed by atoms with Crippen molar-refractivity contribution in [2.75, 3.05) is 7.11 Å². The molecule has 0 fully saturated rings. The third kappa shape index (κ3) is 3.33. The van der Waals surface area contributed by atoms with Gasteiger partial charge in [-0.05, 0) is 35.5 Å². The summed E-state index contributed by atoms with van der Waals surface area (Å²) in [7, 11) is 2.94. The summed E-state index contributed by atoms with van der Waals surface area (Å²) in [5.74, 6) is 0.295. The highest BCUT2D eigenvalue weighted by atomic mass is 16.6. The molecule has 2 N–H and O–H groups in total. The van der Waals surface area contributed by atoms with Gasteiger partial charge in [0.15, 0.2) is 6.10 Å². The molecule has 0 amide bonds. The molecule has 0 aliphatic heterocycles. The SMILES string of the molecule is CCCCc1cc(OC)cc(C(O)c2ncc([N+](=O)[O-])n2C)c1O. The molecule has 130 valence electrons. The summed E-state index contributed by atoms with van der Waals surface area (Å²) in [5, 5.41) is 32.0. The van der Waals surface area contributed by atoms with E-state index in [9.17, 15) is 20.3 Å². The summed E-state index contributed by atoms with van der Waals surface area (Å²) < 4.78 is 6.42. The Morgan fingerprint density at radius 1 is 1.46 bits per heavy atom. The van der Waals surface area contributed by atoms with E-state index in [1.165, 1.54) is 24.8 Å². The van der Waals surface area contributed by atoms with Gasteiger partial charge in [0.1, 0.15) is 17.7 Å². The number of rotatable bonds is 7. The number of hydrogen-bond donors (Lipinski definition) is 2. The Balaban J connectivity index is 2.48. The predicted octanol–water partition coefficient (Wildman–Crippen LogP) is 2.47. The number of unbranched alkanes of at least 4 members (excludes halogenated alkanes) is 1. The topological polar surface area (TPSA) is 111 Å². The number of aliphatic hydroxyl groups excluding tert-OH is 1. The van der Waals surface area contributed by atoms with Crippen LogP contribution in [0.3, 0.4) is 0 Å². The molecule has 2 aromatic rings. The first-order valence-corrected chi connectivity index (χ1v) is 7.64. The summed E-state index contributed by atoms with van der Waals surface area (Å²) in [4.78, 5) is 14.3. The number of phenols is 1. The number of nitrogens with zero attached hydrogens (tertiary/aromatic N) is 3. The zero-order valence-electron chi connectivity index (χ0n) is 13.9. The Morgan fingerprint density at radius 3 is 2.71 bits per heavy atom. The van der Waals surface area contributed by atoms with E-state index in [1.807, 2.05) is 6.92 Å². The lowest BCUT2D eigenvalue weighted by Gasteiger charge is -2.15. The largest absolute Gasteiger partial charge is 0.507 e. The van der Waals surface area contributed by atoms with Gasteiger partial charge in [-0.2, -0.15) is 0 Å². The number of hydrogen-bond acceptors (Lipinski definition) is 6. The quantitative estimate of drug-likeness (QED) is 0.594. The highest BCUT2D eigenvalue weighted by Crippen LogP contribution is 2.36. The van der Waals surface area contributed by atoms with Crippen molar-refractivity contribution in [3.05, 3.63) is 45.4 Å². The number of benzene rings is 1. The minimum Gasteiger partial charge on any atom is -0.507 e. The molecule has 0 saturated carbocycles. The number of aromatic nitrogens is 2. The van der Waals surface area contributed by atoms with Gasteiger partial charge < -0.3 is 25.1 Å². The van der Waals surface area contributed by atoms with Gasteiger partial charge in [0.05, 0.1) is 14.2 Å². The van der Waals surface area contributed by atoms with E-state index in [0.29, 0.717) is 17.7 Å². The van der Waals surface area contributed by atoms with Crippen molar-refractivity contribution in [3.63, 3.8) is 0 Å². The molecular formula is C16H21N3O5. The van der Waals surface area contributed by atoms with E-state index >= 15 is 0 Å². The van der Waals surface area contributed by atoms with Gasteiger partial charge in [0, 0.05) is 5.56 Å². The lowest BCUT2D eigenvalue weighted by atomic mass is 9.99. The molecule has 0 bridgehead atoms. The first-order chi connectivity index (χ1) is 11.4. The number of nitro groups is 1.